The van der Waals surface area contributed by atoms with Crippen molar-refractivity contribution in [2.75, 3.05) is 30.8 Å². The molecule has 0 spiro atoms. The molecule has 0 aliphatic heterocycles. The molecule has 0 unspecified atom stereocenters. The maximum Gasteiger partial charge on any atom is 0.261 e. The summed E-state index contributed by atoms with van der Waals surface area (Å²) in [7, 11) is 1.96. The van der Waals surface area contributed by atoms with Gasteiger partial charge in [-0.05, 0) is 48.0 Å². The molecule has 0 aliphatic carbocycles. The van der Waals surface area contributed by atoms with Crippen molar-refractivity contribution in [3.8, 4) is 0 Å². The van der Waals surface area contributed by atoms with Gasteiger partial charge in [0.15, 0.2) is 0 Å². The molecule has 30 heavy (non-hydrogen) atoms. The number of carbonyl (C=O) groups is 1. The number of anilines is 2. The third-order valence-electron chi connectivity index (χ3n) is 4.63. The highest BCUT2D eigenvalue weighted by atomic mass is 32.2. The number of benzene rings is 3. The summed E-state index contributed by atoms with van der Waals surface area (Å²) in [6.07, 6.45) is 0. The van der Waals surface area contributed by atoms with E-state index in [-0.39, 0.29) is 10.8 Å². The Labute approximate surface area is 177 Å². The molecule has 0 radical (unpaired) electrons. The van der Waals surface area contributed by atoms with Crippen LogP contribution in [0.5, 0.6) is 0 Å². The zero-order valence-electron chi connectivity index (χ0n) is 17.2. The first-order chi connectivity index (χ1) is 14.3. The number of amides is 1. The molecular formula is C23H25N3O3S. The van der Waals surface area contributed by atoms with Crippen molar-refractivity contribution < 1.29 is 13.2 Å². The summed E-state index contributed by atoms with van der Waals surface area (Å²) in [6.45, 7) is 0.451. The van der Waals surface area contributed by atoms with E-state index in [0.717, 1.165) is 11.3 Å². The van der Waals surface area contributed by atoms with Gasteiger partial charge in [0.05, 0.1) is 4.90 Å². The van der Waals surface area contributed by atoms with E-state index < -0.39 is 10.0 Å². The number of carbonyl (C=O) groups excluding carboxylic acids is 1. The Morgan fingerprint density at radius 2 is 1.53 bits per heavy atom. The average molecular weight is 424 g/mol. The van der Waals surface area contributed by atoms with Crippen LogP contribution in [0.15, 0.2) is 83.8 Å². The van der Waals surface area contributed by atoms with E-state index in [1.165, 1.54) is 12.1 Å². The van der Waals surface area contributed by atoms with Crippen LogP contribution >= 0.6 is 0 Å². The molecule has 156 valence electrons. The first-order valence-corrected chi connectivity index (χ1v) is 10.9. The van der Waals surface area contributed by atoms with E-state index in [1.807, 2.05) is 43.3 Å². The maximum atomic E-state index is 12.9. The standard InChI is InChI=1S/C23H25N3O3S/c1-25(2)21-14-12-18(13-15-21)17-26(3)23(27)19-8-7-9-20(16-19)24-30(28,29)22-10-5-4-6-11-22/h4-16,24H,17H2,1-3H3. The highest BCUT2D eigenvalue weighted by molar-refractivity contribution is 7.92. The van der Waals surface area contributed by atoms with Crippen molar-refractivity contribution in [1.82, 2.24) is 4.90 Å². The van der Waals surface area contributed by atoms with E-state index in [1.54, 1.807) is 54.4 Å². The average Bonchev–Trinajstić information content (AvgIpc) is 2.74. The fourth-order valence-electron chi connectivity index (χ4n) is 2.99. The van der Waals surface area contributed by atoms with Crippen molar-refractivity contribution in [1.29, 1.82) is 0 Å². The molecule has 3 aromatic rings. The lowest BCUT2D eigenvalue weighted by Gasteiger charge is -2.19. The van der Waals surface area contributed by atoms with Gasteiger partial charge in [0.1, 0.15) is 0 Å². The molecule has 7 heteroatoms. The Bertz CT molecular complexity index is 1110. The zero-order chi connectivity index (χ0) is 21.7. The lowest BCUT2D eigenvalue weighted by molar-refractivity contribution is 0.0785. The molecule has 0 saturated carbocycles. The van der Waals surface area contributed by atoms with Gasteiger partial charge in [-0.2, -0.15) is 0 Å². The first-order valence-electron chi connectivity index (χ1n) is 9.46. The van der Waals surface area contributed by atoms with Crippen LogP contribution in [0.2, 0.25) is 0 Å². The minimum atomic E-state index is -3.71. The summed E-state index contributed by atoms with van der Waals surface area (Å²) < 4.78 is 27.6. The fourth-order valence-corrected chi connectivity index (χ4v) is 4.07. The third-order valence-corrected chi connectivity index (χ3v) is 6.03. The fraction of sp³-hybridized carbons (Fsp3) is 0.174. The van der Waals surface area contributed by atoms with E-state index in [0.29, 0.717) is 17.8 Å². The minimum Gasteiger partial charge on any atom is -0.378 e. The van der Waals surface area contributed by atoms with Crippen LogP contribution in [0.4, 0.5) is 11.4 Å². The van der Waals surface area contributed by atoms with Gasteiger partial charge in [-0.1, -0.05) is 36.4 Å². The van der Waals surface area contributed by atoms with E-state index in [2.05, 4.69) is 4.72 Å². The largest absolute Gasteiger partial charge is 0.378 e. The second kappa shape index (κ2) is 9.00. The number of sulfonamides is 1. The van der Waals surface area contributed by atoms with Gasteiger partial charge in [0.2, 0.25) is 0 Å². The first kappa shape index (κ1) is 21.4. The molecule has 3 aromatic carbocycles. The predicted octanol–water partition coefficient (Wildman–Crippen LogP) is 3.83. The van der Waals surface area contributed by atoms with Crippen LogP contribution in [-0.2, 0) is 16.6 Å². The minimum absolute atomic E-state index is 0.167. The summed E-state index contributed by atoms with van der Waals surface area (Å²) in [6, 6.07) is 22.6. The summed E-state index contributed by atoms with van der Waals surface area (Å²) in [4.78, 5) is 16.6. The highest BCUT2D eigenvalue weighted by Gasteiger charge is 2.16. The molecule has 0 aliphatic rings. The Morgan fingerprint density at radius 1 is 0.867 bits per heavy atom. The van der Waals surface area contributed by atoms with E-state index in [4.69, 9.17) is 0 Å². The molecule has 0 saturated heterocycles. The van der Waals surface area contributed by atoms with Crippen molar-refractivity contribution in [3.05, 3.63) is 90.0 Å². The van der Waals surface area contributed by atoms with Crippen LogP contribution in [0, 0.1) is 0 Å². The summed E-state index contributed by atoms with van der Waals surface area (Å²) >= 11 is 0. The van der Waals surface area contributed by atoms with Crippen molar-refractivity contribution in [2.24, 2.45) is 0 Å². The summed E-state index contributed by atoms with van der Waals surface area (Å²) in [5, 5.41) is 0. The van der Waals surface area contributed by atoms with Crippen molar-refractivity contribution >= 4 is 27.3 Å². The molecule has 0 heterocycles. The van der Waals surface area contributed by atoms with Gasteiger partial charge >= 0.3 is 0 Å². The molecule has 0 aromatic heterocycles. The van der Waals surface area contributed by atoms with Gasteiger partial charge in [0.25, 0.3) is 15.9 Å². The number of nitrogens with one attached hydrogen (secondary N) is 1. The van der Waals surface area contributed by atoms with Crippen LogP contribution < -0.4 is 9.62 Å². The van der Waals surface area contributed by atoms with Crippen LogP contribution in [-0.4, -0.2) is 40.4 Å². The second-order valence-corrected chi connectivity index (χ2v) is 8.90. The van der Waals surface area contributed by atoms with Crippen molar-refractivity contribution in [3.63, 3.8) is 0 Å². The Morgan fingerprint density at radius 3 is 2.17 bits per heavy atom. The monoisotopic (exact) mass is 423 g/mol. The number of nitrogens with zero attached hydrogens (tertiary/aromatic N) is 2. The Balaban J connectivity index is 1.72. The topological polar surface area (TPSA) is 69.7 Å². The summed E-state index contributed by atoms with van der Waals surface area (Å²) in [5.41, 5.74) is 2.85. The van der Waals surface area contributed by atoms with Gasteiger partial charge in [-0.15, -0.1) is 0 Å². The number of hydrogen-bond acceptors (Lipinski definition) is 4. The maximum absolute atomic E-state index is 12.9. The lowest BCUT2D eigenvalue weighted by atomic mass is 10.1. The lowest BCUT2D eigenvalue weighted by Crippen LogP contribution is -2.26. The second-order valence-electron chi connectivity index (χ2n) is 7.22. The van der Waals surface area contributed by atoms with E-state index >= 15 is 0 Å². The molecule has 0 fully saturated rings. The summed E-state index contributed by atoms with van der Waals surface area (Å²) in [5.74, 6) is -0.188. The highest BCUT2D eigenvalue weighted by Crippen LogP contribution is 2.19. The number of hydrogen-bond donors (Lipinski definition) is 1. The third kappa shape index (κ3) is 5.18. The number of rotatable bonds is 7. The quantitative estimate of drug-likeness (QED) is 0.627. The Kier molecular flexibility index (Phi) is 6.42. The predicted molar refractivity (Wildman–Crippen MR) is 120 cm³/mol. The van der Waals surface area contributed by atoms with Gasteiger partial charge < -0.3 is 9.80 Å². The van der Waals surface area contributed by atoms with Gasteiger partial charge in [-0.3, -0.25) is 9.52 Å². The SMILES string of the molecule is CN(Cc1ccc(N(C)C)cc1)C(=O)c1cccc(NS(=O)(=O)c2ccccc2)c1. The van der Waals surface area contributed by atoms with E-state index in [9.17, 15) is 13.2 Å². The zero-order valence-corrected chi connectivity index (χ0v) is 18.1. The van der Waals surface area contributed by atoms with Crippen LogP contribution in [0.1, 0.15) is 15.9 Å². The smallest absolute Gasteiger partial charge is 0.261 e. The van der Waals surface area contributed by atoms with Crippen LogP contribution in [0.25, 0.3) is 0 Å². The molecule has 0 atom stereocenters. The molecule has 3 rings (SSSR count). The molecule has 0 bridgehead atoms. The van der Waals surface area contributed by atoms with Crippen molar-refractivity contribution in [2.45, 2.75) is 11.4 Å². The molecule has 1 N–H and O–H groups in total. The van der Waals surface area contributed by atoms with Crippen LogP contribution in [0.3, 0.4) is 0 Å². The molecule has 1 amide bonds. The molecule has 6 nitrogen and oxygen atoms in total. The molecular weight excluding hydrogens is 398 g/mol. The van der Waals surface area contributed by atoms with Gasteiger partial charge in [0, 0.05) is 44.6 Å². The normalized spacial score (nSPS) is 11.0. The van der Waals surface area contributed by atoms with Gasteiger partial charge in [-0.25, -0.2) is 8.42 Å². The Hall–Kier alpha value is -3.32.